The highest BCUT2D eigenvalue weighted by atomic mass is 16.5. The molecule has 0 saturated heterocycles. The number of carbonyl (C=O) groups is 1. The molecule has 0 atom stereocenters. The van der Waals surface area contributed by atoms with Crippen LogP contribution in [0.3, 0.4) is 0 Å². The maximum atomic E-state index is 11.4. The molecule has 0 aliphatic carbocycles. The Balaban J connectivity index is 1.72. The number of carbonyl (C=O) groups excluding carboxylic acids is 1. The molecule has 4 nitrogen and oxygen atoms in total. The van der Waals surface area contributed by atoms with Crippen LogP contribution in [0.2, 0.25) is 0 Å². The van der Waals surface area contributed by atoms with Gasteiger partial charge in [-0.25, -0.2) is 0 Å². The fraction of sp³-hybridized carbons (Fsp3) is 0.235. The first-order valence-electron chi connectivity index (χ1n) is 7.05. The van der Waals surface area contributed by atoms with Gasteiger partial charge in [0.25, 0.3) is 0 Å². The molecule has 2 aromatic carbocycles. The fourth-order valence-electron chi connectivity index (χ4n) is 2.54. The van der Waals surface area contributed by atoms with Crippen molar-refractivity contribution < 1.29 is 9.53 Å². The van der Waals surface area contributed by atoms with E-state index in [4.69, 9.17) is 4.74 Å². The molecule has 0 radical (unpaired) electrons. The average Bonchev–Trinajstić information content (AvgIpc) is 2.53. The van der Waals surface area contributed by atoms with Crippen molar-refractivity contribution in [2.75, 3.05) is 17.7 Å². The highest BCUT2D eigenvalue weighted by Gasteiger charge is 2.14. The zero-order valence-corrected chi connectivity index (χ0v) is 12.0. The van der Waals surface area contributed by atoms with Crippen LogP contribution in [0.4, 0.5) is 11.4 Å². The second-order valence-electron chi connectivity index (χ2n) is 5.09. The van der Waals surface area contributed by atoms with Crippen molar-refractivity contribution >= 4 is 17.3 Å². The van der Waals surface area contributed by atoms with Crippen molar-refractivity contribution in [1.82, 2.24) is 0 Å². The van der Waals surface area contributed by atoms with Crippen LogP contribution in [0.15, 0.2) is 42.5 Å². The van der Waals surface area contributed by atoms with E-state index < -0.39 is 0 Å². The summed E-state index contributed by atoms with van der Waals surface area (Å²) in [5.41, 5.74) is 4.27. The maximum Gasteiger partial charge on any atom is 0.224 e. The molecule has 1 heterocycles. The van der Waals surface area contributed by atoms with Crippen LogP contribution in [-0.2, 0) is 17.8 Å². The second kappa shape index (κ2) is 5.87. The van der Waals surface area contributed by atoms with Gasteiger partial charge in [0.2, 0.25) is 5.91 Å². The maximum absolute atomic E-state index is 11.4. The minimum absolute atomic E-state index is 0.0947. The smallest absolute Gasteiger partial charge is 0.224 e. The molecule has 3 rings (SSSR count). The number of hydrogen-bond acceptors (Lipinski definition) is 3. The Kier molecular flexibility index (Phi) is 3.77. The predicted molar refractivity (Wildman–Crippen MR) is 83.7 cm³/mol. The zero-order valence-electron chi connectivity index (χ0n) is 12.0. The van der Waals surface area contributed by atoms with E-state index in [1.807, 2.05) is 36.4 Å². The number of para-hydroxylation sites is 1. The van der Waals surface area contributed by atoms with Crippen LogP contribution in [-0.4, -0.2) is 13.0 Å². The van der Waals surface area contributed by atoms with Gasteiger partial charge in [0.05, 0.1) is 7.11 Å². The third-order valence-corrected chi connectivity index (χ3v) is 3.68. The molecule has 0 spiro atoms. The molecule has 0 bridgehead atoms. The number of fused-ring (bicyclic) bond motifs is 1. The molecule has 2 aromatic rings. The molecule has 1 amide bonds. The molecule has 21 heavy (non-hydrogen) atoms. The van der Waals surface area contributed by atoms with Gasteiger partial charge < -0.3 is 15.4 Å². The molecule has 2 N–H and O–H groups in total. The summed E-state index contributed by atoms with van der Waals surface area (Å²) in [4.78, 5) is 11.4. The van der Waals surface area contributed by atoms with Gasteiger partial charge >= 0.3 is 0 Å². The minimum atomic E-state index is 0.0947. The molecule has 1 aliphatic heterocycles. The Bertz CT molecular complexity index is 668. The van der Waals surface area contributed by atoms with Crippen LogP contribution in [0.5, 0.6) is 5.75 Å². The Morgan fingerprint density at radius 3 is 2.90 bits per heavy atom. The number of nitrogens with one attached hydrogen (secondary N) is 2. The number of rotatable bonds is 4. The molecule has 4 heteroatoms. The summed E-state index contributed by atoms with van der Waals surface area (Å²) in [6.07, 6.45) is 1.36. The zero-order chi connectivity index (χ0) is 14.7. The molecule has 0 unspecified atom stereocenters. The lowest BCUT2D eigenvalue weighted by Gasteiger charge is -2.18. The van der Waals surface area contributed by atoms with Crippen molar-refractivity contribution in [3.8, 4) is 5.75 Å². The first-order chi connectivity index (χ1) is 10.3. The van der Waals surface area contributed by atoms with E-state index in [9.17, 15) is 4.79 Å². The Morgan fingerprint density at radius 2 is 2.05 bits per heavy atom. The summed E-state index contributed by atoms with van der Waals surface area (Å²) < 4.78 is 5.35. The number of ether oxygens (including phenoxy) is 1. The lowest BCUT2D eigenvalue weighted by molar-refractivity contribution is -0.116. The summed E-state index contributed by atoms with van der Waals surface area (Å²) in [7, 11) is 1.68. The highest BCUT2D eigenvalue weighted by Crippen LogP contribution is 2.26. The molecule has 0 aromatic heterocycles. The second-order valence-corrected chi connectivity index (χ2v) is 5.09. The third-order valence-electron chi connectivity index (χ3n) is 3.68. The Labute approximate surface area is 124 Å². The van der Waals surface area contributed by atoms with E-state index in [-0.39, 0.29) is 5.91 Å². The average molecular weight is 282 g/mol. The van der Waals surface area contributed by atoms with Gasteiger partial charge in [-0.1, -0.05) is 18.2 Å². The van der Waals surface area contributed by atoms with E-state index >= 15 is 0 Å². The number of anilines is 2. The molecule has 0 saturated carbocycles. The van der Waals surface area contributed by atoms with Crippen LogP contribution in [0.1, 0.15) is 17.5 Å². The topological polar surface area (TPSA) is 50.4 Å². The van der Waals surface area contributed by atoms with E-state index in [2.05, 4.69) is 16.7 Å². The third kappa shape index (κ3) is 2.99. The van der Waals surface area contributed by atoms with Gasteiger partial charge in [0.1, 0.15) is 5.75 Å². The van der Waals surface area contributed by atoms with Gasteiger partial charge in [0.15, 0.2) is 0 Å². The normalized spacial score (nSPS) is 13.3. The van der Waals surface area contributed by atoms with Gasteiger partial charge in [-0.2, -0.15) is 0 Å². The van der Waals surface area contributed by atoms with Gasteiger partial charge in [-0.15, -0.1) is 0 Å². The predicted octanol–water partition coefficient (Wildman–Crippen LogP) is 3.19. The van der Waals surface area contributed by atoms with E-state index in [0.717, 1.165) is 29.1 Å². The summed E-state index contributed by atoms with van der Waals surface area (Å²) in [5, 5.41) is 6.30. The van der Waals surface area contributed by atoms with E-state index in [1.54, 1.807) is 7.11 Å². The van der Waals surface area contributed by atoms with Gasteiger partial charge in [-0.05, 0) is 36.2 Å². The van der Waals surface area contributed by atoms with Crippen molar-refractivity contribution in [3.63, 3.8) is 0 Å². The van der Waals surface area contributed by atoms with Crippen molar-refractivity contribution in [2.45, 2.75) is 19.4 Å². The number of amides is 1. The largest absolute Gasteiger partial charge is 0.496 e. The fourth-order valence-corrected chi connectivity index (χ4v) is 2.54. The number of benzene rings is 2. The van der Waals surface area contributed by atoms with E-state index in [1.165, 1.54) is 5.56 Å². The number of hydrogen-bond donors (Lipinski definition) is 2. The van der Waals surface area contributed by atoms with Gasteiger partial charge in [-0.3, -0.25) is 4.79 Å². The summed E-state index contributed by atoms with van der Waals surface area (Å²) in [6.45, 7) is 0.704. The summed E-state index contributed by atoms with van der Waals surface area (Å²) in [6, 6.07) is 14.0. The van der Waals surface area contributed by atoms with Crippen molar-refractivity contribution in [1.29, 1.82) is 0 Å². The number of methoxy groups -OCH3 is 1. The minimum Gasteiger partial charge on any atom is -0.496 e. The Morgan fingerprint density at radius 1 is 1.19 bits per heavy atom. The molecule has 108 valence electrons. The first kappa shape index (κ1) is 13.5. The first-order valence-corrected chi connectivity index (χ1v) is 7.05. The lowest BCUT2D eigenvalue weighted by atomic mass is 10.0. The van der Waals surface area contributed by atoms with Crippen LogP contribution in [0, 0.1) is 0 Å². The summed E-state index contributed by atoms with van der Waals surface area (Å²) >= 11 is 0. The van der Waals surface area contributed by atoms with Gasteiger partial charge in [0, 0.05) is 29.9 Å². The van der Waals surface area contributed by atoms with E-state index in [0.29, 0.717) is 13.0 Å². The molecule has 1 aliphatic rings. The highest BCUT2D eigenvalue weighted by molar-refractivity contribution is 5.94. The monoisotopic (exact) mass is 282 g/mol. The van der Waals surface area contributed by atoms with Crippen molar-refractivity contribution in [3.05, 3.63) is 53.6 Å². The SMILES string of the molecule is COc1ccccc1CNc1ccc2c(c1)CCC(=O)N2. The Hall–Kier alpha value is -2.49. The number of aryl methyl sites for hydroxylation is 1. The molecule has 0 fully saturated rings. The van der Waals surface area contributed by atoms with Crippen molar-refractivity contribution in [2.24, 2.45) is 0 Å². The quantitative estimate of drug-likeness (QED) is 0.905. The van der Waals surface area contributed by atoms with Crippen LogP contribution < -0.4 is 15.4 Å². The lowest BCUT2D eigenvalue weighted by Crippen LogP contribution is -2.18. The molecular formula is C17H18N2O2. The van der Waals surface area contributed by atoms with Crippen LogP contribution in [0.25, 0.3) is 0 Å². The molecular weight excluding hydrogens is 264 g/mol. The van der Waals surface area contributed by atoms with Crippen LogP contribution >= 0.6 is 0 Å². The summed E-state index contributed by atoms with van der Waals surface area (Å²) in [5.74, 6) is 0.979. The standard InChI is InChI=1S/C17H18N2O2/c1-21-16-5-3-2-4-13(16)11-18-14-7-8-15-12(10-14)6-9-17(20)19-15/h2-5,7-8,10,18H,6,9,11H2,1H3,(H,19,20).